The second-order valence-corrected chi connectivity index (χ2v) is 5.14. The summed E-state index contributed by atoms with van der Waals surface area (Å²) in [6.07, 6.45) is 2.34. The van der Waals surface area contributed by atoms with E-state index in [1.54, 1.807) is 7.11 Å². The monoisotopic (exact) mass is 264 g/mol. The maximum Gasteiger partial charge on any atom is 0.0587 e. The Labute approximate surface area is 117 Å². The summed E-state index contributed by atoms with van der Waals surface area (Å²) in [5.74, 6) is 0. The van der Waals surface area contributed by atoms with Gasteiger partial charge in [-0.2, -0.15) is 0 Å². The number of methoxy groups -OCH3 is 1. The lowest BCUT2D eigenvalue weighted by atomic mass is 10.1. The van der Waals surface area contributed by atoms with Crippen LogP contribution < -0.4 is 10.6 Å². The Kier molecular flexibility index (Phi) is 8.47. The Bertz CT molecular complexity index is 341. The first-order chi connectivity index (χ1) is 9.22. The first-order valence-corrected chi connectivity index (χ1v) is 7.21. The average Bonchev–Trinajstić information content (AvgIpc) is 2.40. The van der Waals surface area contributed by atoms with Crippen LogP contribution >= 0.6 is 0 Å². The summed E-state index contributed by atoms with van der Waals surface area (Å²) in [5, 5.41) is 6.91. The van der Waals surface area contributed by atoms with Gasteiger partial charge in [0.15, 0.2) is 0 Å². The molecule has 1 atom stereocenters. The number of hydrogen-bond acceptors (Lipinski definition) is 3. The molecule has 1 unspecified atom stereocenters. The molecule has 3 nitrogen and oxygen atoms in total. The maximum atomic E-state index is 5.00. The Hall–Kier alpha value is -0.900. The summed E-state index contributed by atoms with van der Waals surface area (Å²) in [5.41, 5.74) is 2.79. The van der Waals surface area contributed by atoms with Crippen molar-refractivity contribution in [3.05, 3.63) is 35.4 Å². The third kappa shape index (κ3) is 7.98. The van der Waals surface area contributed by atoms with Gasteiger partial charge in [0, 0.05) is 26.2 Å². The second kappa shape index (κ2) is 9.96. The van der Waals surface area contributed by atoms with E-state index in [1.165, 1.54) is 17.5 Å². The van der Waals surface area contributed by atoms with Crippen molar-refractivity contribution in [2.75, 3.05) is 33.4 Å². The van der Waals surface area contributed by atoms with E-state index in [1.807, 2.05) is 0 Å². The molecule has 1 aromatic rings. The lowest BCUT2D eigenvalue weighted by Gasteiger charge is -2.14. The molecule has 0 radical (unpaired) electrons. The van der Waals surface area contributed by atoms with Crippen molar-refractivity contribution in [1.29, 1.82) is 0 Å². The topological polar surface area (TPSA) is 33.3 Å². The second-order valence-electron chi connectivity index (χ2n) is 5.14. The van der Waals surface area contributed by atoms with E-state index >= 15 is 0 Å². The Morgan fingerprint density at radius 3 is 2.84 bits per heavy atom. The van der Waals surface area contributed by atoms with Crippen molar-refractivity contribution in [2.45, 2.75) is 32.7 Å². The van der Waals surface area contributed by atoms with E-state index < -0.39 is 0 Å². The number of aryl methyl sites for hydroxylation is 2. The fourth-order valence-electron chi connectivity index (χ4n) is 2.07. The Morgan fingerprint density at radius 2 is 2.11 bits per heavy atom. The summed E-state index contributed by atoms with van der Waals surface area (Å²) in [4.78, 5) is 0. The molecule has 1 aromatic carbocycles. The first-order valence-electron chi connectivity index (χ1n) is 7.21. The molecule has 2 N–H and O–H groups in total. The molecule has 0 saturated heterocycles. The molecular formula is C16H28N2O. The molecule has 0 spiro atoms. The van der Waals surface area contributed by atoms with Crippen LogP contribution in [-0.2, 0) is 11.2 Å². The van der Waals surface area contributed by atoms with Crippen molar-refractivity contribution in [2.24, 2.45) is 0 Å². The standard InChI is InChI=1S/C16H28N2O/c1-14-6-4-7-16(12-14)8-5-9-18-15(2)13-17-10-11-19-3/h4,6-7,12,15,17-18H,5,8-11,13H2,1-3H3. The van der Waals surface area contributed by atoms with Gasteiger partial charge in [0.2, 0.25) is 0 Å². The van der Waals surface area contributed by atoms with Gasteiger partial charge < -0.3 is 15.4 Å². The normalized spacial score (nSPS) is 12.6. The quantitative estimate of drug-likeness (QED) is 0.635. The Balaban J connectivity index is 2.03. The molecule has 19 heavy (non-hydrogen) atoms. The van der Waals surface area contributed by atoms with Crippen LogP contribution in [0.2, 0.25) is 0 Å². The third-order valence-corrected chi connectivity index (χ3v) is 3.15. The zero-order chi connectivity index (χ0) is 13.9. The SMILES string of the molecule is COCCNCC(C)NCCCc1cccc(C)c1. The van der Waals surface area contributed by atoms with Crippen molar-refractivity contribution in [3.63, 3.8) is 0 Å². The van der Waals surface area contributed by atoms with Gasteiger partial charge in [0.1, 0.15) is 0 Å². The van der Waals surface area contributed by atoms with Crippen molar-refractivity contribution < 1.29 is 4.74 Å². The molecule has 0 bridgehead atoms. The largest absolute Gasteiger partial charge is 0.383 e. The van der Waals surface area contributed by atoms with E-state index in [4.69, 9.17) is 4.74 Å². The van der Waals surface area contributed by atoms with Crippen molar-refractivity contribution >= 4 is 0 Å². The van der Waals surface area contributed by atoms with E-state index in [9.17, 15) is 0 Å². The lowest BCUT2D eigenvalue weighted by Crippen LogP contribution is -2.38. The molecule has 0 aliphatic rings. The van der Waals surface area contributed by atoms with E-state index in [2.05, 4.69) is 48.7 Å². The molecule has 0 aliphatic carbocycles. The van der Waals surface area contributed by atoms with Crippen LogP contribution in [0.5, 0.6) is 0 Å². The van der Waals surface area contributed by atoms with Gasteiger partial charge in [-0.25, -0.2) is 0 Å². The summed E-state index contributed by atoms with van der Waals surface area (Å²) < 4.78 is 5.00. The summed E-state index contributed by atoms with van der Waals surface area (Å²) in [6, 6.07) is 9.28. The Morgan fingerprint density at radius 1 is 1.26 bits per heavy atom. The minimum atomic E-state index is 0.509. The smallest absolute Gasteiger partial charge is 0.0587 e. The number of nitrogens with one attached hydrogen (secondary N) is 2. The van der Waals surface area contributed by atoms with Gasteiger partial charge in [0.25, 0.3) is 0 Å². The predicted octanol–water partition coefficient (Wildman–Crippen LogP) is 2.14. The lowest BCUT2D eigenvalue weighted by molar-refractivity contribution is 0.198. The molecule has 108 valence electrons. The van der Waals surface area contributed by atoms with E-state index in [0.29, 0.717) is 6.04 Å². The minimum absolute atomic E-state index is 0.509. The van der Waals surface area contributed by atoms with E-state index in [0.717, 1.165) is 32.7 Å². The maximum absolute atomic E-state index is 5.00. The highest BCUT2D eigenvalue weighted by Crippen LogP contribution is 2.05. The van der Waals surface area contributed by atoms with Gasteiger partial charge in [-0.3, -0.25) is 0 Å². The van der Waals surface area contributed by atoms with Crippen molar-refractivity contribution in [1.82, 2.24) is 10.6 Å². The van der Waals surface area contributed by atoms with Gasteiger partial charge >= 0.3 is 0 Å². The fourth-order valence-corrected chi connectivity index (χ4v) is 2.07. The summed E-state index contributed by atoms with van der Waals surface area (Å²) in [6.45, 7) is 8.13. The molecule has 3 heteroatoms. The average molecular weight is 264 g/mol. The summed E-state index contributed by atoms with van der Waals surface area (Å²) >= 11 is 0. The minimum Gasteiger partial charge on any atom is -0.383 e. The number of benzene rings is 1. The number of hydrogen-bond donors (Lipinski definition) is 2. The molecule has 1 rings (SSSR count). The molecule has 0 fully saturated rings. The van der Waals surface area contributed by atoms with Gasteiger partial charge in [-0.05, 0) is 38.8 Å². The van der Waals surface area contributed by atoms with Gasteiger partial charge in [0.05, 0.1) is 6.61 Å². The highest BCUT2D eigenvalue weighted by Gasteiger charge is 2.00. The molecule has 0 amide bonds. The third-order valence-electron chi connectivity index (χ3n) is 3.15. The molecular weight excluding hydrogens is 236 g/mol. The molecule has 0 aliphatic heterocycles. The summed E-state index contributed by atoms with van der Waals surface area (Å²) in [7, 11) is 1.73. The highest BCUT2D eigenvalue weighted by molar-refractivity contribution is 5.22. The zero-order valence-electron chi connectivity index (χ0n) is 12.5. The van der Waals surface area contributed by atoms with Gasteiger partial charge in [-0.15, -0.1) is 0 Å². The number of rotatable bonds is 10. The highest BCUT2D eigenvalue weighted by atomic mass is 16.5. The van der Waals surface area contributed by atoms with Gasteiger partial charge in [-0.1, -0.05) is 29.8 Å². The zero-order valence-corrected chi connectivity index (χ0v) is 12.5. The fraction of sp³-hybridized carbons (Fsp3) is 0.625. The van der Waals surface area contributed by atoms with Crippen molar-refractivity contribution in [3.8, 4) is 0 Å². The molecule has 0 heterocycles. The first kappa shape index (κ1) is 16.2. The predicted molar refractivity (Wildman–Crippen MR) is 81.7 cm³/mol. The molecule has 0 saturated carbocycles. The van der Waals surface area contributed by atoms with Crippen LogP contribution in [-0.4, -0.2) is 39.4 Å². The number of ether oxygens (including phenoxy) is 1. The van der Waals surface area contributed by atoms with Crippen LogP contribution in [0.25, 0.3) is 0 Å². The van der Waals surface area contributed by atoms with Crippen LogP contribution in [0.4, 0.5) is 0 Å². The van der Waals surface area contributed by atoms with E-state index in [-0.39, 0.29) is 0 Å². The van der Waals surface area contributed by atoms with Crippen LogP contribution in [0.15, 0.2) is 24.3 Å². The van der Waals surface area contributed by atoms with Crippen LogP contribution in [0.3, 0.4) is 0 Å². The molecule has 0 aromatic heterocycles. The van der Waals surface area contributed by atoms with Crippen LogP contribution in [0, 0.1) is 6.92 Å². The van der Waals surface area contributed by atoms with Crippen LogP contribution in [0.1, 0.15) is 24.5 Å².